The molecule has 0 aromatic heterocycles. The normalized spacial score (nSPS) is 19.8. The fraction of sp³-hybridized carbons (Fsp3) is 0.524. The highest BCUT2D eigenvalue weighted by molar-refractivity contribution is 6.13. The van der Waals surface area contributed by atoms with Gasteiger partial charge in [0, 0.05) is 37.2 Å². The molecule has 0 saturated carbocycles. The number of nitrogens with one attached hydrogen (secondary N) is 1. The van der Waals surface area contributed by atoms with Crippen LogP contribution >= 0.6 is 0 Å². The molecule has 5 nitrogen and oxygen atoms in total. The van der Waals surface area contributed by atoms with Crippen LogP contribution in [0.3, 0.4) is 0 Å². The summed E-state index contributed by atoms with van der Waals surface area (Å²) in [7, 11) is 0. The Balaban J connectivity index is 1.91. The lowest BCUT2D eigenvalue weighted by molar-refractivity contribution is -0.150. The second-order valence-electron chi connectivity index (χ2n) is 7.23. The van der Waals surface area contributed by atoms with Gasteiger partial charge >= 0.3 is 5.97 Å². The predicted molar refractivity (Wildman–Crippen MR) is 102 cm³/mol. The van der Waals surface area contributed by atoms with Crippen molar-refractivity contribution in [3.05, 3.63) is 40.5 Å². The summed E-state index contributed by atoms with van der Waals surface area (Å²) in [6.07, 6.45) is 2.17. The van der Waals surface area contributed by atoms with Gasteiger partial charge < -0.3 is 15.0 Å². The lowest BCUT2D eigenvalue weighted by Gasteiger charge is -2.39. The summed E-state index contributed by atoms with van der Waals surface area (Å²) in [4.78, 5) is 27.8. The van der Waals surface area contributed by atoms with Crippen LogP contribution in [-0.2, 0) is 20.7 Å². The molecule has 26 heavy (non-hydrogen) atoms. The maximum atomic E-state index is 13.2. The van der Waals surface area contributed by atoms with Crippen LogP contribution in [0.5, 0.6) is 0 Å². The smallest absolute Gasteiger partial charge is 0.335 e. The maximum Gasteiger partial charge on any atom is 0.335 e. The van der Waals surface area contributed by atoms with E-state index in [-0.39, 0.29) is 11.9 Å². The molecule has 0 radical (unpaired) electrons. The van der Waals surface area contributed by atoms with Crippen molar-refractivity contribution in [3.63, 3.8) is 0 Å². The molecule has 2 heterocycles. The van der Waals surface area contributed by atoms with Crippen molar-refractivity contribution in [2.45, 2.75) is 52.6 Å². The number of amides is 1. The molecule has 1 spiro atoms. The number of carbonyl (C=O) groups is 2. The molecule has 5 heteroatoms. The van der Waals surface area contributed by atoms with Crippen LogP contribution in [0, 0.1) is 6.92 Å². The first-order valence-electron chi connectivity index (χ1n) is 9.48. The lowest BCUT2D eigenvalue weighted by Crippen LogP contribution is -2.47. The molecule has 1 saturated heterocycles. The molecule has 1 fully saturated rings. The zero-order chi connectivity index (χ0) is 18.9. The van der Waals surface area contributed by atoms with Gasteiger partial charge in [0.1, 0.15) is 5.60 Å². The van der Waals surface area contributed by atoms with Crippen LogP contribution in [0.1, 0.15) is 44.7 Å². The molecule has 1 N–H and O–H groups in total. The molecule has 0 atom stereocenters. The summed E-state index contributed by atoms with van der Waals surface area (Å²) < 4.78 is 5.75. The first-order chi connectivity index (χ1) is 12.4. The quantitative estimate of drug-likeness (QED) is 0.842. The summed E-state index contributed by atoms with van der Waals surface area (Å²) in [5, 5.41) is 3.08. The number of anilines is 1. The minimum absolute atomic E-state index is 0.206. The van der Waals surface area contributed by atoms with E-state index in [0.717, 1.165) is 42.9 Å². The minimum atomic E-state index is -0.772. The fourth-order valence-electron chi connectivity index (χ4n) is 4.09. The van der Waals surface area contributed by atoms with Crippen molar-refractivity contribution in [3.8, 4) is 0 Å². The molecule has 0 aliphatic carbocycles. The second kappa shape index (κ2) is 7.23. The summed E-state index contributed by atoms with van der Waals surface area (Å²) in [6.45, 7) is 10.5. The van der Waals surface area contributed by atoms with Crippen LogP contribution in [0.25, 0.3) is 0 Å². The predicted octanol–water partition coefficient (Wildman–Crippen LogP) is 3.22. The number of aryl methyl sites for hydroxylation is 2. The SMILES string of the molecule is CCc1cccc(C)c1NC(=O)C1=C(C)C(=O)OC12CCN(CC)CC2. The maximum absolute atomic E-state index is 13.2. The molecule has 1 aromatic rings. The van der Waals surface area contributed by atoms with Crippen LogP contribution in [0.2, 0.25) is 0 Å². The highest BCUT2D eigenvalue weighted by Crippen LogP contribution is 2.41. The molecule has 3 rings (SSSR count). The van der Waals surface area contributed by atoms with E-state index in [9.17, 15) is 9.59 Å². The number of piperidine rings is 1. The molecule has 1 aromatic carbocycles. The Hall–Kier alpha value is -2.14. The van der Waals surface area contributed by atoms with E-state index in [1.807, 2.05) is 25.1 Å². The Morgan fingerprint density at radius 3 is 2.54 bits per heavy atom. The number of para-hydroxylation sites is 1. The zero-order valence-corrected chi connectivity index (χ0v) is 16.1. The number of likely N-dealkylation sites (tertiary alicyclic amines) is 1. The van der Waals surface area contributed by atoms with Gasteiger partial charge in [0.25, 0.3) is 5.91 Å². The van der Waals surface area contributed by atoms with Crippen molar-refractivity contribution < 1.29 is 14.3 Å². The van der Waals surface area contributed by atoms with Gasteiger partial charge in [0.15, 0.2) is 0 Å². The van der Waals surface area contributed by atoms with Gasteiger partial charge in [0.2, 0.25) is 0 Å². The first kappa shape index (κ1) is 18.6. The Kier molecular flexibility index (Phi) is 5.19. The summed E-state index contributed by atoms with van der Waals surface area (Å²) in [6, 6.07) is 6.01. The van der Waals surface area contributed by atoms with E-state index in [0.29, 0.717) is 24.0 Å². The van der Waals surface area contributed by atoms with Gasteiger partial charge in [-0.3, -0.25) is 4.79 Å². The summed E-state index contributed by atoms with van der Waals surface area (Å²) in [5.41, 5.74) is 3.16. The van der Waals surface area contributed by atoms with Crippen LogP contribution in [0.4, 0.5) is 5.69 Å². The number of ether oxygens (including phenoxy) is 1. The molecule has 2 aliphatic rings. The van der Waals surface area contributed by atoms with Crippen molar-refractivity contribution in [1.29, 1.82) is 0 Å². The number of hydrogen-bond donors (Lipinski definition) is 1. The van der Waals surface area contributed by atoms with Gasteiger partial charge in [-0.05, 0) is 37.9 Å². The highest BCUT2D eigenvalue weighted by atomic mass is 16.6. The van der Waals surface area contributed by atoms with E-state index < -0.39 is 5.60 Å². The molecule has 140 valence electrons. The van der Waals surface area contributed by atoms with Crippen LogP contribution < -0.4 is 5.32 Å². The standard InChI is InChI=1S/C21H28N2O3/c1-5-16-9-7-8-14(3)18(16)22-19(24)17-15(4)20(25)26-21(17)10-12-23(6-2)13-11-21/h7-9H,5-6,10-13H2,1-4H3,(H,22,24). The van der Waals surface area contributed by atoms with Crippen molar-refractivity contribution in [2.24, 2.45) is 0 Å². The molecule has 1 amide bonds. The molecule has 0 bridgehead atoms. The van der Waals surface area contributed by atoms with E-state index in [4.69, 9.17) is 4.74 Å². The Bertz CT molecular complexity index is 759. The third-order valence-electron chi connectivity index (χ3n) is 5.74. The molecular weight excluding hydrogens is 328 g/mol. The Morgan fingerprint density at radius 2 is 1.92 bits per heavy atom. The van der Waals surface area contributed by atoms with E-state index >= 15 is 0 Å². The van der Waals surface area contributed by atoms with E-state index in [1.165, 1.54) is 0 Å². The van der Waals surface area contributed by atoms with Gasteiger partial charge in [0.05, 0.1) is 5.57 Å². The minimum Gasteiger partial charge on any atom is -0.450 e. The second-order valence-corrected chi connectivity index (χ2v) is 7.23. The average molecular weight is 356 g/mol. The number of carbonyl (C=O) groups excluding carboxylic acids is 2. The van der Waals surface area contributed by atoms with Crippen molar-refractivity contribution >= 4 is 17.6 Å². The summed E-state index contributed by atoms with van der Waals surface area (Å²) in [5.74, 6) is -0.567. The molecule has 2 aliphatic heterocycles. The number of hydrogen-bond acceptors (Lipinski definition) is 4. The Morgan fingerprint density at radius 1 is 1.23 bits per heavy atom. The van der Waals surface area contributed by atoms with E-state index in [1.54, 1.807) is 6.92 Å². The Labute approximate surface area is 155 Å². The number of benzene rings is 1. The van der Waals surface area contributed by atoms with Gasteiger partial charge in [-0.1, -0.05) is 32.0 Å². The van der Waals surface area contributed by atoms with Crippen molar-refractivity contribution in [2.75, 3.05) is 25.0 Å². The van der Waals surface area contributed by atoms with Gasteiger partial charge in [-0.2, -0.15) is 0 Å². The third kappa shape index (κ3) is 3.16. The molecular formula is C21H28N2O3. The van der Waals surface area contributed by atoms with Gasteiger partial charge in [-0.15, -0.1) is 0 Å². The lowest BCUT2D eigenvalue weighted by atomic mass is 9.82. The van der Waals surface area contributed by atoms with Crippen LogP contribution in [0.15, 0.2) is 29.3 Å². The van der Waals surface area contributed by atoms with Gasteiger partial charge in [-0.25, -0.2) is 4.79 Å². The monoisotopic (exact) mass is 356 g/mol. The largest absolute Gasteiger partial charge is 0.450 e. The number of nitrogens with zero attached hydrogens (tertiary/aromatic N) is 1. The number of rotatable bonds is 4. The third-order valence-corrected chi connectivity index (χ3v) is 5.74. The average Bonchev–Trinajstić information content (AvgIpc) is 2.87. The first-order valence-corrected chi connectivity index (χ1v) is 9.48. The van der Waals surface area contributed by atoms with Crippen LogP contribution in [-0.4, -0.2) is 42.0 Å². The zero-order valence-electron chi connectivity index (χ0n) is 16.1. The number of esters is 1. The fourth-order valence-corrected chi connectivity index (χ4v) is 4.09. The topological polar surface area (TPSA) is 58.6 Å². The summed E-state index contributed by atoms with van der Waals surface area (Å²) >= 11 is 0. The van der Waals surface area contributed by atoms with E-state index in [2.05, 4.69) is 24.1 Å². The highest BCUT2D eigenvalue weighted by Gasteiger charge is 2.50. The van der Waals surface area contributed by atoms with Crippen molar-refractivity contribution in [1.82, 2.24) is 4.90 Å². The molecule has 0 unspecified atom stereocenters.